The number of ketones is 1. The van der Waals surface area contributed by atoms with Gasteiger partial charge in [0.25, 0.3) is 5.56 Å². The molecule has 1 aromatic carbocycles. The first kappa shape index (κ1) is 16.1. The Morgan fingerprint density at radius 1 is 1.35 bits per heavy atom. The number of rotatable bonds is 3. The van der Waals surface area contributed by atoms with Gasteiger partial charge in [-0.2, -0.15) is 0 Å². The van der Waals surface area contributed by atoms with Crippen LogP contribution in [-0.2, 0) is 12.0 Å². The predicted octanol–water partition coefficient (Wildman–Crippen LogP) is 3.43. The highest BCUT2D eigenvalue weighted by Gasteiger charge is 2.35. The van der Waals surface area contributed by atoms with Gasteiger partial charge in [-0.25, -0.2) is 0 Å². The van der Waals surface area contributed by atoms with Gasteiger partial charge in [-0.15, -0.1) is 11.8 Å². The summed E-state index contributed by atoms with van der Waals surface area (Å²) in [5.74, 6) is 0.837. The zero-order valence-electron chi connectivity index (χ0n) is 14.2. The summed E-state index contributed by atoms with van der Waals surface area (Å²) in [6.07, 6.45) is 1.52. The number of fused-ring (bicyclic) bond motifs is 1. The summed E-state index contributed by atoms with van der Waals surface area (Å²) in [6, 6.07) is 1.94. The van der Waals surface area contributed by atoms with E-state index in [-0.39, 0.29) is 22.3 Å². The number of thioether (sulfide) groups is 1. The molecule has 5 heteroatoms. The SMILES string of the molecule is CCn1[nH]cc(C(=O)c2cc(C)c3c(c2C)C(C)(C)CS3)c1=O. The normalized spacial score (nSPS) is 15.7. The minimum absolute atomic E-state index is 0.0485. The molecule has 1 aromatic heterocycles. The van der Waals surface area contributed by atoms with Gasteiger partial charge in [0, 0.05) is 34.4 Å². The van der Waals surface area contributed by atoms with Gasteiger partial charge < -0.3 is 5.10 Å². The maximum absolute atomic E-state index is 12.9. The minimum atomic E-state index is -0.247. The van der Waals surface area contributed by atoms with E-state index >= 15 is 0 Å². The third-order valence-electron chi connectivity index (χ3n) is 4.62. The highest BCUT2D eigenvalue weighted by Crippen LogP contribution is 2.47. The Morgan fingerprint density at radius 3 is 2.65 bits per heavy atom. The van der Waals surface area contributed by atoms with Gasteiger partial charge >= 0.3 is 0 Å². The van der Waals surface area contributed by atoms with E-state index in [1.54, 1.807) is 0 Å². The van der Waals surface area contributed by atoms with Crippen LogP contribution in [-0.4, -0.2) is 21.3 Å². The van der Waals surface area contributed by atoms with E-state index in [0.29, 0.717) is 12.1 Å². The summed E-state index contributed by atoms with van der Waals surface area (Å²) >= 11 is 1.86. The fourth-order valence-electron chi connectivity index (χ4n) is 3.40. The molecule has 0 radical (unpaired) electrons. The van der Waals surface area contributed by atoms with Crippen molar-refractivity contribution in [2.24, 2.45) is 0 Å². The lowest BCUT2D eigenvalue weighted by Gasteiger charge is -2.22. The molecule has 2 aromatic rings. The van der Waals surface area contributed by atoms with Crippen molar-refractivity contribution in [2.45, 2.75) is 51.5 Å². The number of aryl methyl sites for hydroxylation is 2. The lowest BCUT2D eigenvalue weighted by Crippen LogP contribution is -2.23. The second-order valence-corrected chi connectivity index (χ2v) is 7.79. The number of nitrogens with one attached hydrogen (secondary N) is 1. The molecule has 0 bridgehead atoms. The molecule has 0 saturated heterocycles. The van der Waals surface area contributed by atoms with E-state index in [0.717, 1.165) is 16.9 Å². The highest BCUT2D eigenvalue weighted by molar-refractivity contribution is 7.99. The molecule has 0 saturated carbocycles. The number of H-pyrrole nitrogens is 1. The first-order valence-corrected chi connectivity index (χ1v) is 8.87. The van der Waals surface area contributed by atoms with E-state index in [9.17, 15) is 9.59 Å². The number of carbonyl (C=O) groups is 1. The van der Waals surface area contributed by atoms with Crippen LogP contribution in [0.2, 0.25) is 0 Å². The van der Waals surface area contributed by atoms with Crippen LogP contribution in [0.1, 0.15) is 53.4 Å². The van der Waals surface area contributed by atoms with Crippen molar-refractivity contribution in [3.8, 4) is 0 Å². The second-order valence-electron chi connectivity index (χ2n) is 6.81. The Morgan fingerprint density at radius 2 is 2.04 bits per heavy atom. The monoisotopic (exact) mass is 330 g/mol. The van der Waals surface area contributed by atoms with E-state index in [1.165, 1.54) is 21.3 Å². The summed E-state index contributed by atoms with van der Waals surface area (Å²) in [7, 11) is 0. The number of aromatic nitrogens is 2. The molecule has 0 atom stereocenters. The number of hydrogen-bond donors (Lipinski definition) is 1. The van der Waals surface area contributed by atoms with Crippen LogP contribution in [0.15, 0.2) is 22.0 Å². The lowest BCUT2D eigenvalue weighted by atomic mass is 9.80. The van der Waals surface area contributed by atoms with Gasteiger partial charge in [-0.3, -0.25) is 14.3 Å². The van der Waals surface area contributed by atoms with Crippen LogP contribution in [0.5, 0.6) is 0 Å². The van der Waals surface area contributed by atoms with Crippen molar-refractivity contribution < 1.29 is 4.79 Å². The smallest absolute Gasteiger partial charge is 0.277 e. The van der Waals surface area contributed by atoms with Crippen LogP contribution in [0.25, 0.3) is 0 Å². The quantitative estimate of drug-likeness (QED) is 0.877. The van der Waals surface area contributed by atoms with Crippen molar-refractivity contribution in [2.75, 3.05) is 5.75 Å². The fraction of sp³-hybridized carbons (Fsp3) is 0.444. The fourth-order valence-corrected chi connectivity index (χ4v) is 4.91. The first-order valence-electron chi connectivity index (χ1n) is 7.88. The summed E-state index contributed by atoms with van der Waals surface area (Å²) in [6.45, 7) is 10.9. The Balaban J connectivity index is 2.18. The van der Waals surface area contributed by atoms with Crippen LogP contribution in [0, 0.1) is 13.8 Å². The molecule has 1 N–H and O–H groups in total. The maximum atomic E-state index is 12.9. The zero-order chi connectivity index (χ0) is 16.9. The van der Waals surface area contributed by atoms with Gasteiger partial charge in [0.15, 0.2) is 5.78 Å². The molecule has 0 unspecified atom stereocenters. The van der Waals surface area contributed by atoms with Crippen molar-refractivity contribution in [1.82, 2.24) is 9.78 Å². The highest BCUT2D eigenvalue weighted by atomic mass is 32.2. The number of nitrogens with zero attached hydrogens (tertiary/aromatic N) is 1. The topological polar surface area (TPSA) is 54.9 Å². The first-order chi connectivity index (χ1) is 10.8. The molecule has 2 heterocycles. The number of carbonyl (C=O) groups excluding carboxylic acids is 1. The molecule has 0 amide bonds. The molecular formula is C18H22N2O2S. The van der Waals surface area contributed by atoms with Crippen LogP contribution in [0.4, 0.5) is 0 Å². The van der Waals surface area contributed by atoms with Gasteiger partial charge in [0.2, 0.25) is 0 Å². The van der Waals surface area contributed by atoms with Gasteiger partial charge in [-0.05, 0) is 43.5 Å². The second kappa shape index (κ2) is 5.41. The minimum Gasteiger partial charge on any atom is -0.302 e. The van der Waals surface area contributed by atoms with Crippen LogP contribution >= 0.6 is 11.8 Å². The molecule has 1 aliphatic heterocycles. The molecule has 0 aliphatic carbocycles. The standard InChI is InChI=1S/C18H22N2O2S/c1-6-20-17(22)13(8-19-20)15(21)12-7-10(2)16-14(11(12)3)18(4,5)9-23-16/h7-8,19H,6,9H2,1-5H3. The van der Waals surface area contributed by atoms with Crippen molar-refractivity contribution in [3.05, 3.63) is 50.4 Å². The Kier molecular flexibility index (Phi) is 3.79. The summed E-state index contributed by atoms with van der Waals surface area (Å²) in [4.78, 5) is 26.5. The largest absolute Gasteiger partial charge is 0.302 e. The zero-order valence-corrected chi connectivity index (χ0v) is 15.1. The van der Waals surface area contributed by atoms with Crippen LogP contribution < -0.4 is 5.56 Å². The third-order valence-corrected chi connectivity index (χ3v) is 6.31. The van der Waals surface area contributed by atoms with Gasteiger partial charge in [0.1, 0.15) is 5.56 Å². The maximum Gasteiger partial charge on any atom is 0.277 e. The summed E-state index contributed by atoms with van der Waals surface area (Å²) in [5.41, 5.74) is 4.06. The number of benzene rings is 1. The summed E-state index contributed by atoms with van der Waals surface area (Å²) < 4.78 is 1.45. The molecule has 3 rings (SSSR count). The number of aromatic amines is 1. The van der Waals surface area contributed by atoms with E-state index in [1.807, 2.05) is 38.6 Å². The van der Waals surface area contributed by atoms with Crippen molar-refractivity contribution in [3.63, 3.8) is 0 Å². The number of hydrogen-bond acceptors (Lipinski definition) is 3. The molecule has 122 valence electrons. The average molecular weight is 330 g/mol. The van der Waals surface area contributed by atoms with Gasteiger partial charge in [0.05, 0.1) is 0 Å². The van der Waals surface area contributed by atoms with Gasteiger partial charge in [-0.1, -0.05) is 13.8 Å². The Bertz CT molecular complexity index is 859. The molecular weight excluding hydrogens is 308 g/mol. The van der Waals surface area contributed by atoms with Crippen molar-refractivity contribution in [1.29, 1.82) is 0 Å². The molecule has 23 heavy (non-hydrogen) atoms. The molecule has 1 aliphatic rings. The Labute approximate surface area is 140 Å². The average Bonchev–Trinajstić information content (AvgIpc) is 3.02. The van der Waals surface area contributed by atoms with E-state index in [4.69, 9.17) is 0 Å². The molecule has 0 spiro atoms. The summed E-state index contributed by atoms with van der Waals surface area (Å²) in [5, 5.41) is 2.86. The van der Waals surface area contributed by atoms with Crippen molar-refractivity contribution >= 4 is 17.5 Å². The molecule has 0 fully saturated rings. The van der Waals surface area contributed by atoms with E-state index < -0.39 is 0 Å². The van der Waals surface area contributed by atoms with E-state index in [2.05, 4.69) is 18.9 Å². The third kappa shape index (κ3) is 2.38. The van der Waals surface area contributed by atoms with Crippen LogP contribution in [0.3, 0.4) is 0 Å². The predicted molar refractivity (Wildman–Crippen MR) is 93.8 cm³/mol. The lowest BCUT2D eigenvalue weighted by molar-refractivity contribution is 0.103. The Hall–Kier alpha value is -1.75. The molecule has 4 nitrogen and oxygen atoms in total.